The van der Waals surface area contributed by atoms with Gasteiger partial charge < -0.3 is 25.6 Å². The van der Waals surface area contributed by atoms with E-state index in [2.05, 4.69) is 10.6 Å². The van der Waals surface area contributed by atoms with E-state index in [1.54, 1.807) is 6.07 Å². The van der Waals surface area contributed by atoms with Crippen molar-refractivity contribution in [3.8, 4) is 11.5 Å². The smallest absolute Gasteiger partial charge is 0.170 e. The molecule has 0 unspecified atom stereocenters. The van der Waals surface area contributed by atoms with Gasteiger partial charge in [-0.3, -0.25) is 0 Å². The Bertz CT molecular complexity index is 429. The highest BCUT2D eigenvalue weighted by atomic mass is 35.5. The molecule has 0 fully saturated rings. The number of halogens is 1. The molecule has 0 aromatic heterocycles. The second-order valence-corrected chi connectivity index (χ2v) is 4.28. The van der Waals surface area contributed by atoms with E-state index in [1.165, 1.54) is 13.2 Å². The van der Waals surface area contributed by atoms with Crippen molar-refractivity contribution in [2.24, 2.45) is 0 Å². The Kier molecular flexibility index (Phi) is 5.97. The minimum Gasteiger partial charge on any atom is -0.506 e. The van der Waals surface area contributed by atoms with E-state index >= 15 is 0 Å². The van der Waals surface area contributed by atoms with E-state index in [0.717, 1.165) is 0 Å². The summed E-state index contributed by atoms with van der Waals surface area (Å²) in [7, 11) is 1.49. The molecule has 0 spiro atoms. The molecule has 1 rings (SSSR count). The first kappa shape index (κ1) is 14.8. The van der Waals surface area contributed by atoms with Crippen LogP contribution in [0.15, 0.2) is 12.1 Å². The third-order valence-corrected chi connectivity index (χ3v) is 2.68. The van der Waals surface area contributed by atoms with E-state index in [4.69, 9.17) is 33.7 Å². The SMILES string of the molecule is COc1cc(NC(=S)NCCCO)c(O)cc1Cl. The van der Waals surface area contributed by atoms with Gasteiger partial charge in [-0.2, -0.15) is 0 Å². The molecule has 5 nitrogen and oxygen atoms in total. The molecule has 18 heavy (non-hydrogen) atoms. The Morgan fingerprint density at radius 1 is 1.50 bits per heavy atom. The summed E-state index contributed by atoms with van der Waals surface area (Å²) in [5.41, 5.74) is 0.401. The molecule has 0 aliphatic rings. The van der Waals surface area contributed by atoms with Gasteiger partial charge in [-0.1, -0.05) is 11.6 Å². The largest absolute Gasteiger partial charge is 0.506 e. The molecule has 0 aliphatic carbocycles. The summed E-state index contributed by atoms with van der Waals surface area (Å²) in [4.78, 5) is 0. The average molecular weight is 291 g/mol. The summed E-state index contributed by atoms with van der Waals surface area (Å²) in [5.74, 6) is 0.419. The van der Waals surface area contributed by atoms with Crippen LogP contribution in [-0.4, -0.2) is 35.6 Å². The second kappa shape index (κ2) is 7.25. The molecule has 0 radical (unpaired) electrons. The van der Waals surface area contributed by atoms with Gasteiger partial charge in [0.15, 0.2) is 5.11 Å². The van der Waals surface area contributed by atoms with E-state index < -0.39 is 0 Å². The van der Waals surface area contributed by atoms with Crippen molar-refractivity contribution in [1.29, 1.82) is 0 Å². The molecule has 1 aromatic rings. The lowest BCUT2D eigenvalue weighted by Crippen LogP contribution is -2.29. The summed E-state index contributed by atoms with van der Waals surface area (Å²) in [6.07, 6.45) is 0.595. The van der Waals surface area contributed by atoms with Gasteiger partial charge >= 0.3 is 0 Å². The number of methoxy groups -OCH3 is 1. The normalized spacial score (nSPS) is 9.94. The van der Waals surface area contributed by atoms with Crippen LogP contribution in [0, 0.1) is 0 Å². The van der Waals surface area contributed by atoms with Gasteiger partial charge in [-0.15, -0.1) is 0 Å². The van der Waals surface area contributed by atoms with Crippen molar-refractivity contribution in [2.45, 2.75) is 6.42 Å². The maximum absolute atomic E-state index is 9.70. The fraction of sp³-hybridized carbons (Fsp3) is 0.364. The maximum Gasteiger partial charge on any atom is 0.170 e. The van der Waals surface area contributed by atoms with Gasteiger partial charge in [0.2, 0.25) is 0 Å². The van der Waals surface area contributed by atoms with Crippen molar-refractivity contribution in [2.75, 3.05) is 25.6 Å². The summed E-state index contributed by atoms with van der Waals surface area (Å²) in [5, 5.41) is 24.7. The van der Waals surface area contributed by atoms with Gasteiger partial charge in [0.05, 0.1) is 17.8 Å². The minimum atomic E-state index is -0.0212. The Hall–Kier alpha value is -1.24. The van der Waals surface area contributed by atoms with Crippen LogP contribution in [0.4, 0.5) is 5.69 Å². The van der Waals surface area contributed by atoms with Crippen LogP contribution in [0.5, 0.6) is 11.5 Å². The summed E-state index contributed by atoms with van der Waals surface area (Å²) >= 11 is 10.9. The van der Waals surface area contributed by atoms with Crippen LogP contribution in [-0.2, 0) is 0 Å². The first-order valence-electron chi connectivity index (χ1n) is 5.30. The number of aliphatic hydroxyl groups excluding tert-OH is 1. The highest BCUT2D eigenvalue weighted by Gasteiger charge is 2.09. The second-order valence-electron chi connectivity index (χ2n) is 3.46. The van der Waals surface area contributed by atoms with E-state index in [1.807, 2.05) is 0 Å². The molecule has 1 aromatic carbocycles. The maximum atomic E-state index is 9.70. The van der Waals surface area contributed by atoms with E-state index in [0.29, 0.717) is 34.5 Å². The molecular formula is C11H15ClN2O3S. The lowest BCUT2D eigenvalue weighted by Gasteiger charge is -2.13. The van der Waals surface area contributed by atoms with Gasteiger partial charge in [0.25, 0.3) is 0 Å². The number of phenols is 1. The molecule has 0 atom stereocenters. The van der Waals surface area contributed by atoms with Gasteiger partial charge in [-0.25, -0.2) is 0 Å². The van der Waals surface area contributed by atoms with Crippen molar-refractivity contribution >= 4 is 34.6 Å². The third kappa shape index (κ3) is 4.21. The first-order valence-corrected chi connectivity index (χ1v) is 6.09. The monoisotopic (exact) mass is 290 g/mol. The van der Waals surface area contributed by atoms with Gasteiger partial charge in [0.1, 0.15) is 11.5 Å². The van der Waals surface area contributed by atoms with E-state index in [-0.39, 0.29) is 12.4 Å². The number of phenolic OH excluding ortho intramolecular Hbond substituents is 1. The number of hydrogen-bond donors (Lipinski definition) is 4. The number of rotatable bonds is 5. The van der Waals surface area contributed by atoms with Crippen molar-refractivity contribution < 1.29 is 14.9 Å². The highest BCUT2D eigenvalue weighted by Crippen LogP contribution is 2.34. The molecule has 0 aliphatic heterocycles. The molecule has 0 heterocycles. The lowest BCUT2D eigenvalue weighted by atomic mass is 10.2. The quantitative estimate of drug-likeness (QED) is 0.376. The van der Waals surface area contributed by atoms with Crippen molar-refractivity contribution in [3.05, 3.63) is 17.2 Å². The van der Waals surface area contributed by atoms with Crippen LogP contribution in [0.1, 0.15) is 6.42 Å². The lowest BCUT2D eigenvalue weighted by molar-refractivity contribution is 0.289. The number of ether oxygens (including phenoxy) is 1. The summed E-state index contributed by atoms with van der Waals surface area (Å²) in [6, 6.07) is 2.93. The van der Waals surface area contributed by atoms with Gasteiger partial charge in [0, 0.05) is 25.3 Å². The van der Waals surface area contributed by atoms with E-state index in [9.17, 15) is 5.11 Å². The third-order valence-electron chi connectivity index (χ3n) is 2.14. The molecule has 0 amide bonds. The van der Waals surface area contributed by atoms with Crippen LogP contribution >= 0.6 is 23.8 Å². The number of anilines is 1. The average Bonchev–Trinajstić information content (AvgIpc) is 2.33. The number of thiocarbonyl (C=S) groups is 1. The van der Waals surface area contributed by atoms with Crippen LogP contribution in [0.25, 0.3) is 0 Å². The predicted octanol–water partition coefficient (Wildman–Crippen LogP) is 1.72. The zero-order valence-corrected chi connectivity index (χ0v) is 11.4. The molecule has 0 saturated carbocycles. The predicted molar refractivity (Wildman–Crippen MR) is 75.6 cm³/mol. The number of benzene rings is 1. The molecule has 0 saturated heterocycles. The fourth-order valence-electron chi connectivity index (χ4n) is 1.25. The van der Waals surface area contributed by atoms with Crippen LogP contribution in [0.2, 0.25) is 5.02 Å². The Morgan fingerprint density at radius 3 is 2.83 bits per heavy atom. The topological polar surface area (TPSA) is 73.8 Å². The Morgan fingerprint density at radius 2 is 2.22 bits per heavy atom. The summed E-state index contributed by atoms with van der Waals surface area (Å²) < 4.78 is 5.04. The zero-order chi connectivity index (χ0) is 13.5. The Labute approximate surface area is 116 Å². The Balaban J connectivity index is 2.69. The molecular weight excluding hydrogens is 276 g/mol. The standard InChI is InChI=1S/C11H15ClN2O3S/c1-17-10-6-8(9(16)5-7(10)12)14-11(18)13-3-2-4-15/h5-6,15-16H,2-4H2,1H3,(H2,13,14,18). The first-order chi connectivity index (χ1) is 8.58. The van der Waals surface area contributed by atoms with Crippen LogP contribution in [0.3, 0.4) is 0 Å². The van der Waals surface area contributed by atoms with Gasteiger partial charge in [-0.05, 0) is 18.6 Å². The minimum absolute atomic E-state index is 0.0212. The molecule has 7 heteroatoms. The number of hydrogen-bond acceptors (Lipinski definition) is 4. The molecule has 0 bridgehead atoms. The highest BCUT2D eigenvalue weighted by molar-refractivity contribution is 7.80. The number of nitrogens with one attached hydrogen (secondary N) is 2. The summed E-state index contributed by atoms with van der Waals surface area (Å²) in [6.45, 7) is 0.642. The van der Waals surface area contributed by atoms with Crippen molar-refractivity contribution in [1.82, 2.24) is 5.32 Å². The molecule has 100 valence electrons. The molecule has 4 N–H and O–H groups in total. The number of aliphatic hydroxyl groups is 1. The van der Waals surface area contributed by atoms with Crippen molar-refractivity contribution in [3.63, 3.8) is 0 Å². The zero-order valence-electron chi connectivity index (χ0n) is 9.86. The fourth-order valence-corrected chi connectivity index (χ4v) is 1.69. The van der Waals surface area contributed by atoms with Crippen LogP contribution < -0.4 is 15.4 Å². The number of aromatic hydroxyl groups is 1.